The predicted octanol–water partition coefficient (Wildman–Crippen LogP) is 1.99. The topological polar surface area (TPSA) is 68.3 Å². The number of carboxylic acids is 1. The third-order valence-corrected chi connectivity index (χ3v) is 3.17. The maximum absolute atomic E-state index is 10.8. The highest BCUT2D eigenvalue weighted by atomic mass is 79.9. The molecule has 5 nitrogen and oxygen atoms in total. The Morgan fingerprint density at radius 2 is 2.00 bits per heavy atom. The van der Waals surface area contributed by atoms with Crippen molar-refractivity contribution in [3.8, 4) is 11.5 Å². The molecule has 0 aromatic heterocycles. The van der Waals surface area contributed by atoms with Gasteiger partial charge in [-0.15, -0.1) is 0 Å². The van der Waals surface area contributed by atoms with Crippen LogP contribution in [-0.4, -0.2) is 31.4 Å². The number of benzene rings is 1. The number of hydrogen-bond donors (Lipinski definition) is 1. The lowest BCUT2D eigenvalue weighted by Crippen LogP contribution is -2.05. The van der Waals surface area contributed by atoms with Gasteiger partial charge in [0.25, 0.3) is 0 Å². The average Bonchev–Trinajstić information content (AvgIpc) is 3.08. The van der Waals surface area contributed by atoms with Crippen LogP contribution in [0.1, 0.15) is 11.7 Å². The van der Waals surface area contributed by atoms with Gasteiger partial charge in [0.15, 0.2) is 6.10 Å². The minimum atomic E-state index is -0.973. The molecule has 1 heterocycles. The van der Waals surface area contributed by atoms with Crippen molar-refractivity contribution >= 4 is 21.9 Å². The highest BCUT2D eigenvalue weighted by molar-refractivity contribution is 9.10. The molecule has 2 atom stereocenters. The van der Waals surface area contributed by atoms with Gasteiger partial charge in [0.1, 0.15) is 17.6 Å². The van der Waals surface area contributed by atoms with Crippen molar-refractivity contribution in [2.75, 3.05) is 14.2 Å². The molecular weight excluding hydrogens is 292 g/mol. The van der Waals surface area contributed by atoms with Gasteiger partial charge in [0.2, 0.25) is 0 Å². The first-order chi connectivity index (χ1) is 8.08. The van der Waals surface area contributed by atoms with Gasteiger partial charge in [-0.05, 0) is 28.1 Å². The molecule has 2 unspecified atom stereocenters. The van der Waals surface area contributed by atoms with E-state index in [-0.39, 0.29) is 0 Å². The monoisotopic (exact) mass is 302 g/mol. The summed E-state index contributed by atoms with van der Waals surface area (Å²) in [4.78, 5) is 10.8. The van der Waals surface area contributed by atoms with Crippen LogP contribution in [0.15, 0.2) is 16.6 Å². The fourth-order valence-corrected chi connectivity index (χ4v) is 2.13. The molecular formula is C11H11BrO5. The van der Waals surface area contributed by atoms with Gasteiger partial charge in [-0.25, -0.2) is 4.79 Å². The van der Waals surface area contributed by atoms with Crippen LogP contribution in [-0.2, 0) is 9.53 Å². The number of epoxide rings is 1. The third-order valence-electron chi connectivity index (χ3n) is 2.55. The lowest BCUT2D eigenvalue weighted by Gasteiger charge is -2.10. The van der Waals surface area contributed by atoms with E-state index >= 15 is 0 Å². The van der Waals surface area contributed by atoms with Crippen molar-refractivity contribution in [2.45, 2.75) is 12.2 Å². The summed E-state index contributed by atoms with van der Waals surface area (Å²) >= 11 is 3.33. The Labute approximate surface area is 106 Å². The number of carbonyl (C=O) groups is 1. The first kappa shape index (κ1) is 12.2. The minimum absolute atomic E-state index is 0.468. The van der Waals surface area contributed by atoms with E-state index < -0.39 is 18.2 Å². The molecule has 6 heteroatoms. The SMILES string of the molecule is COc1cc(C2OC2C(=O)O)c(OC)cc1Br. The van der Waals surface area contributed by atoms with Crippen LogP contribution in [0.3, 0.4) is 0 Å². The van der Waals surface area contributed by atoms with Crippen molar-refractivity contribution in [3.63, 3.8) is 0 Å². The smallest absolute Gasteiger partial charge is 0.335 e. The molecule has 0 radical (unpaired) electrons. The standard InChI is InChI=1S/C11H11BrO5/c1-15-7-4-6(12)8(16-2)3-5(7)9-10(17-9)11(13)14/h3-4,9-10H,1-2H3,(H,13,14). The lowest BCUT2D eigenvalue weighted by atomic mass is 10.1. The van der Waals surface area contributed by atoms with Gasteiger partial charge < -0.3 is 19.3 Å². The Morgan fingerprint density at radius 1 is 1.35 bits per heavy atom. The highest BCUT2D eigenvalue weighted by Gasteiger charge is 2.48. The highest BCUT2D eigenvalue weighted by Crippen LogP contribution is 2.46. The summed E-state index contributed by atoms with van der Waals surface area (Å²) < 4.78 is 16.2. The normalized spacial score (nSPS) is 22.1. The number of aliphatic carboxylic acids is 1. The molecule has 1 saturated heterocycles. The number of hydrogen-bond acceptors (Lipinski definition) is 4. The van der Waals surface area contributed by atoms with Crippen molar-refractivity contribution in [1.29, 1.82) is 0 Å². The van der Waals surface area contributed by atoms with Crippen LogP contribution >= 0.6 is 15.9 Å². The largest absolute Gasteiger partial charge is 0.496 e. The zero-order valence-corrected chi connectivity index (χ0v) is 10.9. The average molecular weight is 303 g/mol. The van der Waals surface area contributed by atoms with Gasteiger partial charge >= 0.3 is 5.97 Å². The molecule has 1 aromatic carbocycles. The first-order valence-corrected chi connectivity index (χ1v) is 5.67. The fourth-order valence-electron chi connectivity index (χ4n) is 1.64. The van der Waals surface area contributed by atoms with Crippen LogP contribution in [0.4, 0.5) is 0 Å². The van der Waals surface area contributed by atoms with E-state index in [0.717, 1.165) is 4.47 Å². The molecule has 0 bridgehead atoms. The summed E-state index contributed by atoms with van der Waals surface area (Å²) in [7, 11) is 3.06. The molecule has 0 saturated carbocycles. The molecule has 1 N–H and O–H groups in total. The Morgan fingerprint density at radius 3 is 2.47 bits per heavy atom. The van der Waals surface area contributed by atoms with Crippen LogP contribution in [0.5, 0.6) is 11.5 Å². The molecule has 1 aromatic rings. The minimum Gasteiger partial charge on any atom is -0.496 e. The van der Waals surface area contributed by atoms with Gasteiger partial charge in [0, 0.05) is 5.56 Å². The summed E-state index contributed by atoms with van der Waals surface area (Å²) in [5, 5.41) is 8.82. The molecule has 0 amide bonds. The van der Waals surface area contributed by atoms with E-state index in [0.29, 0.717) is 17.1 Å². The molecule has 0 spiro atoms. The number of halogens is 1. The van der Waals surface area contributed by atoms with E-state index in [4.69, 9.17) is 19.3 Å². The van der Waals surface area contributed by atoms with Gasteiger partial charge in [-0.1, -0.05) is 0 Å². The second-order valence-electron chi connectivity index (χ2n) is 3.54. The van der Waals surface area contributed by atoms with Gasteiger partial charge in [-0.2, -0.15) is 0 Å². The van der Waals surface area contributed by atoms with E-state index in [9.17, 15) is 4.79 Å². The zero-order valence-electron chi connectivity index (χ0n) is 9.27. The van der Waals surface area contributed by atoms with E-state index in [2.05, 4.69) is 15.9 Å². The molecule has 17 heavy (non-hydrogen) atoms. The fraction of sp³-hybridized carbons (Fsp3) is 0.364. The second-order valence-corrected chi connectivity index (χ2v) is 4.40. The summed E-state index contributed by atoms with van der Waals surface area (Å²) in [5.74, 6) is 0.214. The van der Waals surface area contributed by atoms with Gasteiger partial charge in [0.05, 0.1) is 18.7 Å². The van der Waals surface area contributed by atoms with E-state index in [1.54, 1.807) is 19.2 Å². The molecule has 0 aliphatic carbocycles. The molecule has 1 aliphatic rings. The Kier molecular flexibility index (Phi) is 3.26. The second kappa shape index (κ2) is 4.54. The number of carboxylic acid groups (broad SMARTS) is 1. The summed E-state index contributed by atoms with van der Waals surface area (Å²) in [6, 6.07) is 3.45. The van der Waals surface area contributed by atoms with Crippen molar-refractivity contribution < 1.29 is 24.1 Å². The van der Waals surface area contributed by atoms with Crippen molar-refractivity contribution in [2.24, 2.45) is 0 Å². The maximum Gasteiger partial charge on any atom is 0.335 e. The summed E-state index contributed by atoms with van der Waals surface area (Å²) in [6.45, 7) is 0. The van der Waals surface area contributed by atoms with Crippen LogP contribution < -0.4 is 9.47 Å². The quantitative estimate of drug-likeness (QED) is 0.862. The van der Waals surface area contributed by atoms with Crippen LogP contribution in [0, 0.1) is 0 Å². The number of methoxy groups -OCH3 is 2. The van der Waals surface area contributed by atoms with Gasteiger partial charge in [-0.3, -0.25) is 0 Å². The first-order valence-electron chi connectivity index (χ1n) is 4.88. The zero-order chi connectivity index (χ0) is 12.6. The molecule has 2 rings (SSSR count). The summed E-state index contributed by atoms with van der Waals surface area (Å²) in [5.41, 5.74) is 0.681. The Bertz CT molecular complexity index is 459. The van der Waals surface area contributed by atoms with Crippen LogP contribution in [0.2, 0.25) is 0 Å². The van der Waals surface area contributed by atoms with Crippen molar-refractivity contribution in [3.05, 3.63) is 22.2 Å². The molecule has 1 aliphatic heterocycles. The number of ether oxygens (including phenoxy) is 3. The lowest BCUT2D eigenvalue weighted by molar-refractivity contribution is -0.138. The molecule has 92 valence electrons. The van der Waals surface area contributed by atoms with Crippen LogP contribution in [0.25, 0.3) is 0 Å². The number of rotatable bonds is 4. The Balaban J connectivity index is 2.36. The van der Waals surface area contributed by atoms with Crippen molar-refractivity contribution in [1.82, 2.24) is 0 Å². The predicted molar refractivity (Wildman–Crippen MR) is 62.5 cm³/mol. The van der Waals surface area contributed by atoms with E-state index in [1.165, 1.54) is 7.11 Å². The molecule has 1 fully saturated rings. The maximum atomic E-state index is 10.8. The Hall–Kier alpha value is -1.27. The summed E-state index contributed by atoms with van der Waals surface area (Å²) in [6.07, 6.45) is -1.26. The van der Waals surface area contributed by atoms with E-state index in [1.807, 2.05) is 0 Å². The third kappa shape index (κ3) is 2.23.